The van der Waals surface area contributed by atoms with Crippen molar-refractivity contribution in [1.29, 1.82) is 5.26 Å². The van der Waals surface area contributed by atoms with Crippen molar-refractivity contribution in [3.05, 3.63) is 35.5 Å². The van der Waals surface area contributed by atoms with Crippen molar-refractivity contribution in [2.75, 3.05) is 31.2 Å². The van der Waals surface area contributed by atoms with E-state index in [9.17, 15) is 0 Å². The number of nitrogens with zero attached hydrogens (tertiary/aromatic N) is 5. The number of benzene rings is 1. The van der Waals surface area contributed by atoms with E-state index in [4.69, 9.17) is 24.5 Å². The third-order valence-electron chi connectivity index (χ3n) is 5.65. The van der Waals surface area contributed by atoms with E-state index >= 15 is 0 Å². The van der Waals surface area contributed by atoms with Crippen LogP contribution < -0.4 is 4.90 Å². The summed E-state index contributed by atoms with van der Waals surface area (Å²) in [5.41, 5.74) is 3.95. The van der Waals surface area contributed by atoms with Crippen LogP contribution in [0.3, 0.4) is 0 Å². The predicted molar refractivity (Wildman–Crippen MR) is 104 cm³/mol. The summed E-state index contributed by atoms with van der Waals surface area (Å²) in [6.07, 6.45) is 4.71. The Bertz CT molecular complexity index is 1030. The Morgan fingerprint density at radius 1 is 1.04 bits per heavy atom. The summed E-state index contributed by atoms with van der Waals surface area (Å²) in [5, 5.41) is 13.5. The molecule has 1 saturated heterocycles. The van der Waals surface area contributed by atoms with Gasteiger partial charge in [-0.25, -0.2) is 9.97 Å². The van der Waals surface area contributed by atoms with Crippen LogP contribution in [0, 0.1) is 11.3 Å². The molecule has 1 aromatic carbocycles. The lowest BCUT2D eigenvalue weighted by atomic mass is 10.0. The van der Waals surface area contributed by atoms with Gasteiger partial charge in [0.15, 0.2) is 11.6 Å². The van der Waals surface area contributed by atoms with E-state index in [2.05, 4.69) is 16.1 Å². The van der Waals surface area contributed by atoms with Crippen molar-refractivity contribution in [3.63, 3.8) is 0 Å². The SMILES string of the molecule is N#Cc1ccc(-c2nc(N3CCOCC3)c3onc(C4CCCC4)c3n2)cc1. The fourth-order valence-electron chi connectivity index (χ4n) is 4.11. The van der Waals surface area contributed by atoms with E-state index in [0.29, 0.717) is 36.1 Å². The molecule has 0 spiro atoms. The molecule has 2 aliphatic rings. The van der Waals surface area contributed by atoms with Crippen molar-refractivity contribution >= 4 is 16.9 Å². The van der Waals surface area contributed by atoms with Gasteiger partial charge in [0.1, 0.15) is 11.2 Å². The number of hydrogen-bond acceptors (Lipinski definition) is 7. The highest BCUT2D eigenvalue weighted by atomic mass is 16.5. The maximum atomic E-state index is 9.06. The summed E-state index contributed by atoms with van der Waals surface area (Å²) < 4.78 is 11.3. The Labute approximate surface area is 162 Å². The first-order valence-corrected chi connectivity index (χ1v) is 9.84. The Balaban J connectivity index is 1.66. The summed E-state index contributed by atoms with van der Waals surface area (Å²) in [4.78, 5) is 11.9. The average Bonchev–Trinajstić information content (AvgIpc) is 3.43. The van der Waals surface area contributed by atoms with Crippen LogP contribution >= 0.6 is 0 Å². The number of fused-ring (bicyclic) bond motifs is 1. The van der Waals surface area contributed by atoms with Crippen molar-refractivity contribution < 1.29 is 9.26 Å². The molecule has 5 rings (SSSR count). The van der Waals surface area contributed by atoms with Crippen LogP contribution in [0.4, 0.5) is 5.82 Å². The third kappa shape index (κ3) is 3.00. The molecule has 3 heterocycles. The maximum absolute atomic E-state index is 9.06. The second-order valence-corrected chi connectivity index (χ2v) is 7.39. The van der Waals surface area contributed by atoms with Crippen LogP contribution in [0.25, 0.3) is 22.5 Å². The van der Waals surface area contributed by atoms with Gasteiger partial charge in [-0.2, -0.15) is 5.26 Å². The van der Waals surface area contributed by atoms with E-state index in [1.54, 1.807) is 12.1 Å². The Morgan fingerprint density at radius 3 is 2.50 bits per heavy atom. The monoisotopic (exact) mass is 375 g/mol. The van der Waals surface area contributed by atoms with Crippen LogP contribution in [0.2, 0.25) is 0 Å². The molecule has 7 heteroatoms. The van der Waals surface area contributed by atoms with E-state index in [1.165, 1.54) is 12.8 Å². The lowest BCUT2D eigenvalue weighted by Crippen LogP contribution is -2.37. The average molecular weight is 375 g/mol. The molecule has 1 saturated carbocycles. The van der Waals surface area contributed by atoms with Gasteiger partial charge >= 0.3 is 0 Å². The molecule has 0 radical (unpaired) electrons. The standard InChI is InChI=1S/C21H21N5O2/c22-13-14-5-7-16(8-6-14)20-23-18-17(15-3-1-2-4-15)25-28-19(18)21(24-20)26-9-11-27-12-10-26/h5-8,15H,1-4,9-12H2. The summed E-state index contributed by atoms with van der Waals surface area (Å²) in [6, 6.07) is 9.53. The normalized spacial score (nSPS) is 17.9. The molecule has 2 aromatic heterocycles. The molecule has 2 fully saturated rings. The Morgan fingerprint density at radius 2 is 1.79 bits per heavy atom. The van der Waals surface area contributed by atoms with Gasteiger partial charge in [0.25, 0.3) is 0 Å². The fraction of sp³-hybridized carbons (Fsp3) is 0.429. The molecular formula is C21H21N5O2. The van der Waals surface area contributed by atoms with Crippen molar-refractivity contribution in [2.24, 2.45) is 0 Å². The molecule has 1 aliphatic carbocycles. The molecular weight excluding hydrogens is 354 g/mol. The second-order valence-electron chi connectivity index (χ2n) is 7.39. The molecule has 1 aliphatic heterocycles. The van der Waals surface area contributed by atoms with E-state index in [0.717, 1.165) is 48.5 Å². The van der Waals surface area contributed by atoms with E-state index < -0.39 is 0 Å². The van der Waals surface area contributed by atoms with Crippen LogP contribution in [0.1, 0.15) is 42.9 Å². The van der Waals surface area contributed by atoms with Crippen LogP contribution in [0.15, 0.2) is 28.8 Å². The number of hydrogen-bond donors (Lipinski definition) is 0. The minimum absolute atomic E-state index is 0.405. The maximum Gasteiger partial charge on any atom is 0.227 e. The first kappa shape index (κ1) is 17.1. The lowest BCUT2D eigenvalue weighted by molar-refractivity contribution is 0.122. The minimum atomic E-state index is 0.405. The van der Waals surface area contributed by atoms with Gasteiger partial charge in [-0.15, -0.1) is 0 Å². The third-order valence-corrected chi connectivity index (χ3v) is 5.65. The summed E-state index contributed by atoms with van der Waals surface area (Å²) >= 11 is 0. The second kappa shape index (κ2) is 7.21. The number of aromatic nitrogens is 3. The highest BCUT2D eigenvalue weighted by Crippen LogP contribution is 2.39. The summed E-state index contributed by atoms with van der Waals surface area (Å²) in [7, 11) is 0. The largest absolute Gasteiger partial charge is 0.378 e. The number of morpholine rings is 1. The van der Waals surface area contributed by atoms with Gasteiger partial charge in [0.05, 0.1) is 24.8 Å². The van der Waals surface area contributed by atoms with Gasteiger partial charge in [0, 0.05) is 24.6 Å². The Kier molecular flexibility index (Phi) is 4.41. The Hall–Kier alpha value is -2.98. The van der Waals surface area contributed by atoms with Gasteiger partial charge in [-0.3, -0.25) is 0 Å². The minimum Gasteiger partial charge on any atom is -0.378 e. The van der Waals surface area contributed by atoms with E-state index in [-0.39, 0.29) is 0 Å². The highest BCUT2D eigenvalue weighted by molar-refractivity contribution is 5.88. The van der Waals surface area contributed by atoms with Crippen LogP contribution in [-0.2, 0) is 4.74 Å². The number of rotatable bonds is 3. The zero-order valence-corrected chi connectivity index (χ0v) is 15.6. The molecule has 3 aromatic rings. The molecule has 0 atom stereocenters. The van der Waals surface area contributed by atoms with Gasteiger partial charge in [0.2, 0.25) is 5.58 Å². The summed E-state index contributed by atoms with van der Waals surface area (Å²) in [6.45, 7) is 2.86. The van der Waals surface area contributed by atoms with Crippen molar-refractivity contribution in [3.8, 4) is 17.5 Å². The number of nitriles is 1. The topological polar surface area (TPSA) is 88.1 Å². The van der Waals surface area contributed by atoms with Crippen molar-refractivity contribution in [2.45, 2.75) is 31.6 Å². The molecule has 0 unspecified atom stereocenters. The molecule has 0 amide bonds. The first-order chi connectivity index (χ1) is 13.8. The zero-order valence-electron chi connectivity index (χ0n) is 15.6. The molecule has 28 heavy (non-hydrogen) atoms. The number of ether oxygens (including phenoxy) is 1. The van der Waals surface area contributed by atoms with Crippen LogP contribution in [0.5, 0.6) is 0 Å². The molecule has 7 nitrogen and oxygen atoms in total. The lowest BCUT2D eigenvalue weighted by Gasteiger charge is -2.27. The fourth-order valence-corrected chi connectivity index (χ4v) is 4.11. The summed E-state index contributed by atoms with van der Waals surface area (Å²) in [5.74, 6) is 1.83. The number of anilines is 1. The quantitative estimate of drug-likeness (QED) is 0.690. The highest BCUT2D eigenvalue weighted by Gasteiger charge is 2.28. The predicted octanol–water partition coefficient (Wildman–Crippen LogP) is 3.65. The van der Waals surface area contributed by atoms with Gasteiger partial charge < -0.3 is 14.2 Å². The smallest absolute Gasteiger partial charge is 0.227 e. The zero-order chi connectivity index (χ0) is 18.9. The van der Waals surface area contributed by atoms with Gasteiger partial charge in [-0.1, -0.05) is 18.0 Å². The molecule has 142 valence electrons. The van der Waals surface area contributed by atoms with Crippen molar-refractivity contribution in [1.82, 2.24) is 15.1 Å². The van der Waals surface area contributed by atoms with Crippen LogP contribution in [-0.4, -0.2) is 41.4 Å². The molecule has 0 bridgehead atoms. The van der Waals surface area contributed by atoms with E-state index in [1.807, 2.05) is 12.1 Å². The molecule has 0 N–H and O–H groups in total. The van der Waals surface area contributed by atoms with Gasteiger partial charge in [-0.05, 0) is 37.1 Å². The first-order valence-electron chi connectivity index (χ1n) is 9.84.